The highest BCUT2D eigenvalue weighted by atomic mass is 35.5. The molecule has 0 saturated heterocycles. The maximum Gasteiger partial charge on any atom is 0.239 e. The van der Waals surface area contributed by atoms with E-state index in [-0.39, 0.29) is 22.4 Å². The van der Waals surface area contributed by atoms with Crippen LogP contribution in [-0.2, 0) is 0 Å². The molecule has 0 amide bonds. The lowest BCUT2D eigenvalue weighted by Gasteiger charge is -2.07. The number of rotatable bonds is 2. The number of nitrogens with zero attached hydrogens (tertiary/aromatic N) is 1. The topological polar surface area (TPSA) is 42.4 Å². The van der Waals surface area contributed by atoms with Crippen LogP contribution < -0.4 is 4.74 Å². The number of halogens is 2. The lowest BCUT2D eigenvalue weighted by molar-refractivity contribution is 0.403. The van der Waals surface area contributed by atoms with Gasteiger partial charge in [-0.25, -0.2) is 4.98 Å². The molecule has 5 heteroatoms. The molecule has 16 heavy (non-hydrogen) atoms. The zero-order chi connectivity index (χ0) is 11.5. The van der Waals surface area contributed by atoms with Crippen LogP contribution in [-0.4, -0.2) is 10.1 Å². The molecule has 2 rings (SSSR count). The fraction of sp³-hybridized carbons (Fsp3) is 0. The first-order chi connectivity index (χ1) is 7.68. The first-order valence-electron chi connectivity index (χ1n) is 4.44. The molecular weight excluding hydrogens is 249 g/mol. The second kappa shape index (κ2) is 4.60. The number of aromatic hydroxyl groups is 1. The summed E-state index contributed by atoms with van der Waals surface area (Å²) in [5, 5.41) is 10.1. The third-order valence-corrected chi connectivity index (χ3v) is 2.66. The van der Waals surface area contributed by atoms with E-state index in [2.05, 4.69) is 4.98 Å². The molecule has 0 saturated carbocycles. The van der Waals surface area contributed by atoms with Crippen molar-refractivity contribution in [3.05, 3.63) is 46.6 Å². The second-order valence-corrected chi connectivity index (χ2v) is 3.77. The predicted molar refractivity (Wildman–Crippen MR) is 62.4 cm³/mol. The van der Waals surface area contributed by atoms with Crippen LogP contribution in [0.15, 0.2) is 36.5 Å². The number of hydrogen-bond acceptors (Lipinski definition) is 3. The van der Waals surface area contributed by atoms with E-state index in [0.717, 1.165) is 0 Å². The SMILES string of the molecule is Oc1ccccc1Oc1nccc(Cl)c1Cl. The Balaban J connectivity index is 2.35. The zero-order valence-electron chi connectivity index (χ0n) is 8.02. The minimum Gasteiger partial charge on any atom is -0.504 e. The molecule has 3 nitrogen and oxygen atoms in total. The minimum absolute atomic E-state index is 0.0142. The van der Waals surface area contributed by atoms with Gasteiger partial charge in [0.05, 0.1) is 5.02 Å². The number of hydrogen-bond donors (Lipinski definition) is 1. The number of benzene rings is 1. The quantitative estimate of drug-likeness (QED) is 0.886. The van der Waals surface area contributed by atoms with E-state index in [0.29, 0.717) is 5.02 Å². The molecule has 0 fully saturated rings. The lowest BCUT2D eigenvalue weighted by Crippen LogP contribution is -1.89. The summed E-state index contributed by atoms with van der Waals surface area (Å²) in [7, 11) is 0. The fourth-order valence-electron chi connectivity index (χ4n) is 1.12. The minimum atomic E-state index is 0.0142. The Hall–Kier alpha value is -1.45. The Kier molecular flexibility index (Phi) is 3.17. The Morgan fingerprint density at radius 2 is 1.88 bits per heavy atom. The van der Waals surface area contributed by atoms with E-state index in [1.807, 2.05) is 0 Å². The molecule has 0 spiro atoms. The van der Waals surface area contributed by atoms with E-state index in [1.165, 1.54) is 12.3 Å². The number of phenols is 1. The average molecular weight is 256 g/mol. The molecule has 0 bridgehead atoms. The summed E-state index contributed by atoms with van der Waals surface area (Å²) in [5.41, 5.74) is 0. The van der Waals surface area contributed by atoms with Gasteiger partial charge in [-0.3, -0.25) is 0 Å². The Labute approximate surface area is 102 Å². The zero-order valence-corrected chi connectivity index (χ0v) is 9.53. The number of pyridine rings is 1. The van der Waals surface area contributed by atoms with Crippen molar-refractivity contribution in [1.29, 1.82) is 0 Å². The van der Waals surface area contributed by atoms with Crippen LogP contribution in [0, 0.1) is 0 Å². The molecule has 1 heterocycles. The van der Waals surface area contributed by atoms with Crippen LogP contribution in [0.2, 0.25) is 10.0 Å². The first-order valence-corrected chi connectivity index (χ1v) is 5.20. The Bertz CT molecular complexity index is 517. The van der Waals surface area contributed by atoms with Crippen molar-refractivity contribution in [2.45, 2.75) is 0 Å². The smallest absolute Gasteiger partial charge is 0.239 e. The van der Waals surface area contributed by atoms with Gasteiger partial charge in [0.1, 0.15) is 5.02 Å². The second-order valence-electron chi connectivity index (χ2n) is 2.98. The van der Waals surface area contributed by atoms with Gasteiger partial charge in [-0.15, -0.1) is 0 Å². The molecule has 0 aliphatic heterocycles. The molecule has 1 aromatic heterocycles. The summed E-state index contributed by atoms with van der Waals surface area (Å²) in [6.07, 6.45) is 1.48. The highest BCUT2D eigenvalue weighted by Gasteiger charge is 2.10. The van der Waals surface area contributed by atoms with E-state index < -0.39 is 0 Å². The summed E-state index contributed by atoms with van der Waals surface area (Å²) >= 11 is 11.7. The molecule has 0 aliphatic rings. The standard InChI is InChI=1S/C11H7Cl2NO2/c12-7-5-6-14-11(10(7)13)16-9-4-2-1-3-8(9)15/h1-6,15H. The van der Waals surface area contributed by atoms with Crippen molar-refractivity contribution in [2.75, 3.05) is 0 Å². The third-order valence-electron chi connectivity index (χ3n) is 1.88. The van der Waals surface area contributed by atoms with Crippen LogP contribution in [0.4, 0.5) is 0 Å². The maximum atomic E-state index is 9.50. The van der Waals surface area contributed by atoms with Gasteiger partial charge >= 0.3 is 0 Å². The van der Waals surface area contributed by atoms with Gasteiger partial charge in [-0.2, -0.15) is 0 Å². The van der Waals surface area contributed by atoms with Gasteiger partial charge in [0.15, 0.2) is 11.5 Å². The van der Waals surface area contributed by atoms with Crippen LogP contribution in [0.3, 0.4) is 0 Å². The van der Waals surface area contributed by atoms with Gasteiger partial charge in [-0.1, -0.05) is 35.3 Å². The molecule has 1 N–H and O–H groups in total. The third kappa shape index (κ3) is 2.21. The summed E-state index contributed by atoms with van der Waals surface area (Å²) in [5.74, 6) is 0.454. The van der Waals surface area contributed by atoms with Crippen molar-refractivity contribution in [1.82, 2.24) is 4.98 Å². The normalized spacial score (nSPS) is 10.1. The van der Waals surface area contributed by atoms with Crippen LogP contribution in [0.5, 0.6) is 17.4 Å². The highest BCUT2D eigenvalue weighted by molar-refractivity contribution is 6.42. The Morgan fingerprint density at radius 3 is 2.62 bits per heavy atom. The van der Waals surface area contributed by atoms with Crippen LogP contribution >= 0.6 is 23.2 Å². The van der Waals surface area contributed by atoms with E-state index in [4.69, 9.17) is 27.9 Å². The van der Waals surface area contributed by atoms with E-state index in [1.54, 1.807) is 24.3 Å². The molecular formula is C11H7Cl2NO2. The number of aromatic nitrogens is 1. The van der Waals surface area contributed by atoms with Crippen molar-refractivity contribution in [3.8, 4) is 17.4 Å². The van der Waals surface area contributed by atoms with Crippen molar-refractivity contribution >= 4 is 23.2 Å². The summed E-state index contributed by atoms with van der Waals surface area (Å²) in [4.78, 5) is 3.93. The maximum absolute atomic E-state index is 9.50. The lowest BCUT2D eigenvalue weighted by atomic mass is 10.3. The van der Waals surface area contributed by atoms with E-state index >= 15 is 0 Å². The summed E-state index contributed by atoms with van der Waals surface area (Å²) in [6, 6.07) is 8.09. The number of ether oxygens (including phenoxy) is 1. The predicted octanol–water partition coefficient (Wildman–Crippen LogP) is 3.89. The summed E-state index contributed by atoms with van der Waals surface area (Å²) < 4.78 is 5.34. The number of para-hydroxylation sites is 2. The average Bonchev–Trinajstić information content (AvgIpc) is 2.28. The van der Waals surface area contributed by atoms with Crippen molar-refractivity contribution < 1.29 is 9.84 Å². The van der Waals surface area contributed by atoms with Crippen LogP contribution in [0.25, 0.3) is 0 Å². The Morgan fingerprint density at radius 1 is 1.12 bits per heavy atom. The molecule has 0 unspecified atom stereocenters. The molecule has 0 radical (unpaired) electrons. The van der Waals surface area contributed by atoms with E-state index in [9.17, 15) is 5.11 Å². The summed E-state index contributed by atoms with van der Waals surface area (Å²) in [6.45, 7) is 0. The molecule has 82 valence electrons. The van der Waals surface area contributed by atoms with Crippen molar-refractivity contribution in [2.24, 2.45) is 0 Å². The van der Waals surface area contributed by atoms with Crippen LogP contribution in [0.1, 0.15) is 0 Å². The van der Waals surface area contributed by atoms with Gasteiger partial charge in [0.25, 0.3) is 0 Å². The van der Waals surface area contributed by atoms with Crippen molar-refractivity contribution in [3.63, 3.8) is 0 Å². The monoisotopic (exact) mass is 255 g/mol. The molecule has 1 aromatic carbocycles. The largest absolute Gasteiger partial charge is 0.504 e. The molecule has 0 aliphatic carbocycles. The first kappa shape index (κ1) is 11.0. The van der Waals surface area contributed by atoms with Gasteiger partial charge in [0, 0.05) is 6.20 Å². The highest BCUT2D eigenvalue weighted by Crippen LogP contribution is 2.35. The number of phenolic OH excluding ortho intramolecular Hbond substituents is 1. The fourth-order valence-corrected chi connectivity index (χ4v) is 1.41. The van der Waals surface area contributed by atoms with Gasteiger partial charge in [-0.05, 0) is 18.2 Å². The molecule has 0 atom stereocenters. The van der Waals surface area contributed by atoms with Gasteiger partial charge in [0.2, 0.25) is 5.88 Å². The van der Waals surface area contributed by atoms with Gasteiger partial charge < -0.3 is 9.84 Å². The molecule has 2 aromatic rings.